The van der Waals surface area contributed by atoms with Crippen molar-refractivity contribution in [3.63, 3.8) is 0 Å². The van der Waals surface area contributed by atoms with Gasteiger partial charge >= 0.3 is 0 Å². The predicted octanol–water partition coefficient (Wildman–Crippen LogP) is 2.21. The number of benzene rings is 1. The van der Waals surface area contributed by atoms with Gasteiger partial charge in [-0.1, -0.05) is 25.1 Å². The summed E-state index contributed by atoms with van der Waals surface area (Å²) in [6.45, 7) is 2.05. The van der Waals surface area contributed by atoms with Gasteiger partial charge in [0.05, 0.1) is 0 Å². The highest BCUT2D eigenvalue weighted by Gasteiger charge is 2.23. The Hall–Kier alpha value is -1.31. The van der Waals surface area contributed by atoms with Crippen molar-refractivity contribution in [3.05, 3.63) is 29.8 Å². The zero-order chi connectivity index (χ0) is 9.26. The first-order chi connectivity index (χ1) is 6.31. The van der Waals surface area contributed by atoms with Gasteiger partial charge in [-0.15, -0.1) is 0 Å². The Morgan fingerprint density at radius 3 is 3.00 bits per heavy atom. The maximum absolute atomic E-state index is 11.5. The molecule has 1 aromatic carbocycles. The van der Waals surface area contributed by atoms with Crippen LogP contribution in [-0.4, -0.2) is 5.91 Å². The maximum atomic E-state index is 11.5. The number of anilines is 1. The third-order valence-corrected chi connectivity index (χ3v) is 2.61. The SMILES string of the molecule is CCC1Cc2ccccc2NC1=O. The lowest BCUT2D eigenvalue weighted by Gasteiger charge is -2.23. The monoisotopic (exact) mass is 175 g/mol. The van der Waals surface area contributed by atoms with Gasteiger partial charge in [0.25, 0.3) is 0 Å². The predicted molar refractivity (Wildman–Crippen MR) is 52.6 cm³/mol. The van der Waals surface area contributed by atoms with Crippen LogP contribution in [0.15, 0.2) is 24.3 Å². The van der Waals surface area contributed by atoms with E-state index in [1.165, 1.54) is 5.56 Å². The van der Waals surface area contributed by atoms with Crippen molar-refractivity contribution < 1.29 is 4.79 Å². The summed E-state index contributed by atoms with van der Waals surface area (Å²) in [4.78, 5) is 11.5. The van der Waals surface area contributed by atoms with Crippen LogP contribution in [0.25, 0.3) is 0 Å². The second-order valence-corrected chi connectivity index (χ2v) is 3.46. The molecule has 2 rings (SSSR count). The fraction of sp³-hybridized carbons (Fsp3) is 0.364. The van der Waals surface area contributed by atoms with Gasteiger partial charge in [0.2, 0.25) is 5.91 Å². The van der Waals surface area contributed by atoms with Crippen molar-refractivity contribution in [1.82, 2.24) is 0 Å². The van der Waals surface area contributed by atoms with Crippen LogP contribution in [0.2, 0.25) is 0 Å². The summed E-state index contributed by atoms with van der Waals surface area (Å²) in [5.41, 5.74) is 2.24. The van der Waals surface area contributed by atoms with E-state index in [-0.39, 0.29) is 11.8 Å². The number of hydrogen-bond donors (Lipinski definition) is 1. The fourth-order valence-electron chi connectivity index (χ4n) is 1.74. The van der Waals surface area contributed by atoms with Gasteiger partial charge in [0.1, 0.15) is 0 Å². The van der Waals surface area contributed by atoms with Crippen molar-refractivity contribution in [1.29, 1.82) is 0 Å². The minimum Gasteiger partial charge on any atom is -0.326 e. The Kier molecular flexibility index (Phi) is 2.05. The van der Waals surface area contributed by atoms with Gasteiger partial charge in [-0.2, -0.15) is 0 Å². The van der Waals surface area contributed by atoms with E-state index < -0.39 is 0 Å². The smallest absolute Gasteiger partial charge is 0.227 e. The molecule has 0 aromatic heterocycles. The van der Waals surface area contributed by atoms with Crippen LogP contribution in [0.5, 0.6) is 0 Å². The zero-order valence-electron chi connectivity index (χ0n) is 7.71. The number of rotatable bonds is 1. The number of fused-ring (bicyclic) bond motifs is 1. The largest absolute Gasteiger partial charge is 0.326 e. The first-order valence-electron chi connectivity index (χ1n) is 4.70. The second kappa shape index (κ2) is 3.21. The first kappa shape index (κ1) is 8.30. The zero-order valence-corrected chi connectivity index (χ0v) is 7.71. The van der Waals surface area contributed by atoms with Gasteiger partial charge in [-0.25, -0.2) is 0 Å². The van der Waals surface area contributed by atoms with E-state index in [1.54, 1.807) is 0 Å². The molecule has 1 aromatic rings. The summed E-state index contributed by atoms with van der Waals surface area (Å²) < 4.78 is 0. The summed E-state index contributed by atoms with van der Waals surface area (Å²) in [5, 5.41) is 2.92. The minimum atomic E-state index is 0.162. The molecule has 1 aliphatic rings. The highest BCUT2D eigenvalue weighted by atomic mass is 16.1. The molecule has 1 unspecified atom stereocenters. The second-order valence-electron chi connectivity index (χ2n) is 3.46. The van der Waals surface area contributed by atoms with Crippen LogP contribution in [0.4, 0.5) is 5.69 Å². The molecule has 0 saturated carbocycles. The molecule has 1 aliphatic heterocycles. The lowest BCUT2D eigenvalue weighted by molar-refractivity contribution is -0.120. The van der Waals surface area contributed by atoms with Gasteiger partial charge in [0.15, 0.2) is 0 Å². The Morgan fingerprint density at radius 1 is 1.46 bits per heavy atom. The van der Waals surface area contributed by atoms with Crippen LogP contribution < -0.4 is 5.32 Å². The molecule has 0 bridgehead atoms. The molecule has 0 spiro atoms. The van der Waals surface area contributed by atoms with Gasteiger partial charge in [-0.05, 0) is 24.5 Å². The fourth-order valence-corrected chi connectivity index (χ4v) is 1.74. The third kappa shape index (κ3) is 1.44. The van der Waals surface area contributed by atoms with E-state index in [9.17, 15) is 4.79 Å². The molecule has 68 valence electrons. The molecule has 0 aliphatic carbocycles. The summed E-state index contributed by atoms with van der Waals surface area (Å²) in [6.07, 6.45) is 1.80. The average Bonchev–Trinajstić information content (AvgIpc) is 2.17. The van der Waals surface area contributed by atoms with Crippen LogP contribution in [0.3, 0.4) is 0 Å². The number of para-hydroxylation sites is 1. The van der Waals surface area contributed by atoms with Crippen molar-refractivity contribution in [3.8, 4) is 0 Å². The summed E-state index contributed by atoms with van der Waals surface area (Å²) in [7, 11) is 0. The molecule has 0 fully saturated rings. The van der Waals surface area contributed by atoms with Crippen molar-refractivity contribution in [2.75, 3.05) is 5.32 Å². The molecular formula is C11H13NO. The van der Waals surface area contributed by atoms with E-state index in [4.69, 9.17) is 0 Å². The Morgan fingerprint density at radius 2 is 2.23 bits per heavy atom. The molecule has 0 saturated heterocycles. The van der Waals surface area contributed by atoms with Crippen LogP contribution in [0.1, 0.15) is 18.9 Å². The molecule has 2 heteroatoms. The third-order valence-electron chi connectivity index (χ3n) is 2.61. The molecule has 2 nitrogen and oxygen atoms in total. The molecule has 1 N–H and O–H groups in total. The topological polar surface area (TPSA) is 29.1 Å². The average molecular weight is 175 g/mol. The number of hydrogen-bond acceptors (Lipinski definition) is 1. The van der Waals surface area contributed by atoms with Crippen LogP contribution >= 0.6 is 0 Å². The Labute approximate surface area is 78.0 Å². The maximum Gasteiger partial charge on any atom is 0.227 e. The minimum absolute atomic E-state index is 0.162. The van der Waals surface area contributed by atoms with Crippen molar-refractivity contribution in [2.45, 2.75) is 19.8 Å². The Bertz CT molecular complexity index is 333. The summed E-state index contributed by atoms with van der Waals surface area (Å²) in [5.74, 6) is 0.330. The van der Waals surface area contributed by atoms with Gasteiger partial charge in [-0.3, -0.25) is 4.79 Å². The highest BCUT2D eigenvalue weighted by molar-refractivity contribution is 5.95. The van der Waals surface area contributed by atoms with Gasteiger partial charge < -0.3 is 5.32 Å². The van der Waals surface area contributed by atoms with E-state index in [2.05, 4.69) is 18.3 Å². The van der Waals surface area contributed by atoms with Crippen LogP contribution in [0, 0.1) is 5.92 Å². The van der Waals surface area contributed by atoms with Crippen molar-refractivity contribution >= 4 is 11.6 Å². The highest BCUT2D eigenvalue weighted by Crippen LogP contribution is 2.26. The van der Waals surface area contributed by atoms with E-state index in [0.29, 0.717) is 0 Å². The Balaban J connectivity index is 2.33. The molecule has 0 radical (unpaired) electrons. The van der Waals surface area contributed by atoms with E-state index >= 15 is 0 Å². The normalized spacial score (nSPS) is 20.7. The molecular weight excluding hydrogens is 162 g/mol. The number of carbonyl (C=O) groups is 1. The molecule has 13 heavy (non-hydrogen) atoms. The molecule has 1 heterocycles. The molecule has 1 amide bonds. The standard InChI is InChI=1S/C11H13NO/c1-2-8-7-9-5-3-4-6-10(9)12-11(8)13/h3-6,8H,2,7H2,1H3,(H,12,13). The summed E-state index contributed by atoms with van der Waals surface area (Å²) >= 11 is 0. The first-order valence-corrected chi connectivity index (χ1v) is 4.70. The number of carbonyl (C=O) groups excluding carboxylic acids is 1. The summed E-state index contributed by atoms with van der Waals surface area (Å²) in [6, 6.07) is 8.00. The van der Waals surface area contributed by atoms with E-state index in [0.717, 1.165) is 18.5 Å². The van der Waals surface area contributed by atoms with Gasteiger partial charge in [0, 0.05) is 11.6 Å². The lowest BCUT2D eigenvalue weighted by Crippen LogP contribution is -2.29. The molecule has 1 atom stereocenters. The quantitative estimate of drug-likeness (QED) is 0.696. The lowest BCUT2D eigenvalue weighted by atomic mass is 9.91. The van der Waals surface area contributed by atoms with Crippen LogP contribution in [-0.2, 0) is 11.2 Å². The van der Waals surface area contributed by atoms with Crippen molar-refractivity contribution in [2.24, 2.45) is 5.92 Å². The number of nitrogens with one attached hydrogen (secondary N) is 1. The van der Waals surface area contributed by atoms with E-state index in [1.807, 2.05) is 18.2 Å². The number of amides is 1.